The quantitative estimate of drug-likeness (QED) is 0.256. The normalized spacial score (nSPS) is 13.7. The fourth-order valence-electron chi connectivity index (χ4n) is 1.66. The summed E-state index contributed by atoms with van der Waals surface area (Å²) in [5.41, 5.74) is 0. The van der Waals surface area contributed by atoms with Gasteiger partial charge in [-0.05, 0) is 45.9 Å². The lowest BCUT2D eigenvalue weighted by Gasteiger charge is -2.18. The van der Waals surface area contributed by atoms with Gasteiger partial charge in [0.1, 0.15) is 0 Å². The summed E-state index contributed by atoms with van der Waals surface area (Å²) >= 11 is 0. The van der Waals surface area contributed by atoms with Crippen molar-refractivity contribution in [3.8, 4) is 0 Å². The van der Waals surface area contributed by atoms with Gasteiger partial charge in [0, 0.05) is 0 Å². The van der Waals surface area contributed by atoms with E-state index in [1.807, 2.05) is 6.08 Å². The van der Waals surface area contributed by atoms with Crippen molar-refractivity contribution >= 4 is 5.97 Å². The summed E-state index contributed by atoms with van der Waals surface area (Å²) in [4.78, 5) is 12.4. The molecule has 0 aliphatic carbocycles. The molecule has 21 heavy (non-hydrogen) atoms. The summed E-state index contributed by atoms with van der Waals surface area (Å²) < 4.78 is 5.15. The summed E-state index contributed by atoms with van der Waals surface area (Å²) in [6.45, 7) is 2.21. The highest BCUT2D eigenvalue weighted by molar-refractivity contribution is 5.71. The number of carboxylic acids is 1. The van der Waals surface area contributed by atoms with E-state index >= 15 is 0 Å². The zero-order valence-corrected chi connectivity index (χ0v) is 13.5. The summed E-state index contributed by atoms with van der Waals surface area (Å²) in [6.07, 6.45) is 17.5. The first-order valence-corrected chi connectivity index (χ1v) is 7.59. The van der Waals surface area contributed by atoms with Crippen LogP contribution in [0.15, 0.2) is 36.6 Å². The number of unbranched alkanes of at least 4 members (excludes halogenated alkanes) is 3. The Morgan fingerprint density at radius 1 is 1.10 bits per heavy atom. The van der Waals surface area contributed by atoms with Gasteiger partial charge in [0.05, 0.1) is 6.26 Å². The van der Waals surface area contributed by atoms with Gasteiger partial charge in [0.2, 0.25) is 6.23 Å². The molecule has 0 radical (unpaired) electrons. The number of rotatable bonds is 12. The number of allylic oxidation sites excluding steroid dienone is 5. The maximum absolute atomic E-state index is 10.9. The molecule has 1 unspecified atom stereocenters. The van der Waals surface area contributed by atoms with Crippen LogP contribution in [-0.2, 0) is 9.53 Å². The monoisotopic (exact) mass is 295 g/mol. The highest BCUT2D eigenvalue weighted by Gasteiger charge is 2.19. The summed E-state index contributed by atoms with van der Waals surface area (Å²) in [7, 11) is 3.33. The number of nitrogens with zero attached hydrogens (tertiary/aromatic N) is 1. The molecule has 0 heterocycles. The lowest BCUT2D eigenvalue weighted by molar-refractivity contribution is -0.155. The first-order chi connectivity index (χ1) is 10.1. The number of ether oxygens (including phenoxy) is 1. The fourth-order valence-corrected chi connectivity index (χ4v) is 1.66. The Morgan fingerprint density at radius 2 is 1.71 bits per heavy atom. The number of carboxylic acid groups (broad SMARTS) is 1. The first-order valence-electron chi connectivity index (χ1n) is 7.59. The number of aliphatic carboxylic acids is 1. The summed E-state index contributed by atoms with van der Waals surface area (Å²) in [5, 5.41) is 8.90. The predicted octanol–water partition coefficient (Wildman–Crippen LogP) is 3.96. The van der Waals surface area contributed by atoms with Crippen LogP contribution in [0, 0.1) is 0 Å². The second-order valence-corrected chi connectivity index (χ2v) is 5.07. The van der Waals surface area contributed by atoms with Gasteiger partial charge in [-0.2, -0.15) is 0 Å². The lowest BCUT2D eigenvalue weighted by Crippen LogP contribution is -2.36. The topological polar surface area (TPSA) is 49.8 Å². The molecule has 4 heteroatoms. The molecule has 0 bridgehead atoms. The molecule has 0 aromatic rings. The van der Waals surface area contributed by atoms with E-state index < -0.39 is 12.2 Å². The molecule has 0 aromatic carbocycles. The van der Waals surface area contributed by atoms with E-state index in [9.17, 15) is 4.79 Å². The maximum atomic E-state index is 10.9. The molecule has 0 rings (SSSR count). The Hall–Kier alpha value is -1.55. The molecule has 0 aliphatic rings. The minimum atomic E-state index is -0.992. The van der Waals surface area contributed by atoms with E-state index in [-0.39, 0.29) is 0 Å². The summed E-state index contributed by atoms with van der Waals surface area (Å²) in [6, 6.07) is 0. The Kier molecular flexibility index (Phi) is 12.4. The molecule has 0 aliphatic heterocycles. The van der Waals surface area contributed by atoms with Crippen LogP contribution >= 0.6 is 0 Å². The van der Waals surface area contributed by atoms with Crippen LogP contribution in [0.3, 0.4) is 0 Å². The zero-order chi connectivity index (χ0) is 15.9. The van der Waals surface area contributed by atoms with E-state index in [1.165, 1.54) is 30.4 Å². The highest BCUT2D eigenvalue weighted by Crippen LogP contribution is 2.01. The first kappa shape index (κ1) is 19.4. The molecule has 4 nitrogen and oxygen atoms in total. The molecule has 1 N–H and O–H groups in total. The average molecular weight is 295 g/mol. The van der Waals surface area contributed by atoms with Crippen LogP contribution in [0.2, 0.25) is 0 Å². The lowest BCUT2D eigenvalue weighted by atomic mass is 10.2. The number of hydrogen-bond acceptors (Lipinski definition) is 3. The molecular weight excluding hydrogens is 266 g/mol. The van der Waals surface area contributed by atoms with Gasteiger partial charge in [0.25, 0.3) is 0 Å². The number of likely N-dealkylation sites (N-methyl/N-ethyl adjacent to an activating group) is 1. The largest absolute Gasteiger partial charge is 0.477 e. The van der Waals surface area contributed by atoms with Gasteiger partial charge < -0.3 is 9.84 Å². The predicted molar refractivity (Wildman–Crippen MR) is 87.0 cm³/mol. The van der Waals surface area contributed by atoms with Crippen LogP contribution in [0.5, 0.6) is 0 Å². The Bertz CT molecular complexity index is 346. The second-order valence-electron chi connectivity index (χ2n) is 5.07. The Morgan fingerprint density at radius 3 is 2.29 bits per heavy atom. The van der Waals surface area contributed by atoms with Crippen LogP contribution in [-0.4, -0.2) is 36.3 Å². The SMILES string of the molecule is CCCCC/C=C\C/C=C\C/C=C\OC(C(=O)O)N(C)C. The second kappa shape index (κ2) is 13.4. The van der Waals surface area contributed by atoms with E-state index in [2.05, 4.69) is 25.2 Å². The molecule has 0 saturated heterocycles. The third kappa shape index (κ3) is 11.9. The Balaban J connectivity index is 3.71. The minimum Gasteiger partial charge on any atom is -0.477 e. The fraction of sp³-hybridized carbons (Fsp3) is 0.588. The molecule has 0 saturated carbocycles. The highest BCUT2D eigenvalue weighted by atomic mass is 16.5. The van der Waals surface area contributed by atoms with Crippen molar-refractivity contribution in [1.82, 2.24) is 4.90 Å². The van der Waals surface area contributed by atoms with E-state index in [0.717, 1.165) is 19.3 Å². The van der Waals surface area contributed by atoms with Gasteiger partial charge in [-0.25, -0.2) is 4.79 Å². The molecule has 120 valence electrons. The van der Waals surface area contributed by atoms with Gasteiger partial charge >= 0.3 is 5.97 Å². The van der Waals surface area contributed by atoms with E-state index in [4.69, 9.17) is 9.84 Å². The van der Waals surface area contributed by atoms with Crippen molar-refractivity contribution in [2.24, 2.45) is 0 Å². The summed E-state index contributed by atoms with van der Waals surface area (Å²) in [5.74, 6) is -0.992. The third-order valence-electron chi connectivity index (χ3n) is 2.84. The molecule has 1 atom stereocenters. The van der Waals surface area contributed by atoms with Gasteiger partial charge in [-0.1, -0.05) is 44.1 Å². The minimum absolute atomic E-state index is 0.740. The number of carbonyl (C=O) groups is 1. The van der Waals surface area contributed by atoms with Crippen molar-refractivity contribution in [3.05, 3.63) is 36.6 Å². The molecule has 0 amide bonds. The van der Waals surface area contributed by atoms with Gasteiger partial charge in [-0.3, -0.25) is 4.90 Å². The molecule has 0 fully saturated rings. The standard InChI is InChI=1S/C17H29NO3/c1-4-5-6-7-8-9-10-11-12-13-14-15-21-16(17(19)20)18(2)3/h8-9,11-12,14-16H,4-7,10,13H2,1-3H3,(H,19,20)/b9-8-,12-11-,15-14-. The zero-order valence-electron chi connectivity index (χ0n) is 13.5. The van der Waals surface area contributed by atoms with E-state index in [0.29, 0.717) is 0 Å². The van der Waals surface area contributed by atoms with Crippen LogP contribution in [0.25, 0.3) is 0 Å². The average Bonchev–Trinajstić information content (AvgIpc) is 2.43. The number of hydrogen-bond donors (Lipinski definition) is 1. The van der Waals surface area contributed by atoms with Crippen molar-refractivity contribution < 1.29 is 14.6 Å². The van der Waals surface area contributed by atoms with Crippen molar-refractivity contribution in [1.29, 1.82) is 0 Å². The molecule has 0 spiro atoms. The molecule has 0 aromatic heterocycles. The Labute approximate surface area is 128 Å². The van der Waals surface area contributed by atoms with Crippen molar-refractivity contribution in [2.45, 2.75) is 51.7 Å². The van der Waals surface area contributed by atoms with Gasteiger partial charge in [0.15, 0.2) is 0 Å². The van der Waals surface area contributed by atoms with Crippen molar-refractivity contribution in [2.75, 3.05) is 14.1 Å². The smallest absolute Gasteiger partial charge is 0.360 e. The maximum Gasteiger partial charge on any atom is 0.360 e. The van der Waals surface area contributed by atoms with Crippen LogP contribution < -0.4 is 0 Å². The van der Waals surface area contributed by atoms with Crippen molar-refractivity contribution in [3.63, 3.8) is 0 Å². The molecular formula is C17H29NO3. The third-order valence-corrected chi connectivity index (χ3v) is 2.84. The van der Waals surface area contributed by atoms with E-state index in [1.54, 1.807) is 20.2 Å². The van der Waals surface area contributed by atoms with Crippen LogP contribution in [0.1, 0.15) is 45.4 Å². The van der Waals surface area contributed by atoms with Gasteiger partial charge in [-0.15, -0.1) is 0 Å². The van der Waals surface area contributed by atoms with Crippen LogP contribution in [0.4, 0.5) is 0 Å².